The minimum absolute atomic E-state index is 0.0120. The van der Waals surface area contributed by atoms with Crippen LogP contribution in [0, 0.1) is 13.8 Å². The number of hydrogen-bond acceptors (Lipinski definition) is 4. The van der Waals surface area contributed by atoms with Gasteiger partial charge in [-0.05, 0) is 160 Å². The number of anilines is 7. The van der Waals surface area contributed by atoms with Crippen molar-refractivity contribution in [2.45, 2.75) is 172 Å². The van der Waals surface area contributed by atoms with Gasteiger partial charge in [-0.1, -0.05) is 170 Å². The lowest BCUT2D eigenvalue weighted by Crippen LogP contribution is -2.57. The first kappa shape index (κ1) is 54.4. The average Bonchev–Trinajstić information content (AvgIpc) is 3.65. The Labute approximate surface area is 458 Å². The lowest BCUT2D eigenvalue weighted by molar-refractivity contribution is 0.589. The molecule has 9 rings (SSSR count). The van der Waals surface area contributed by atoms with E-state index >= 15 is 0 Å². The molecule has 1 N–H and O–H groups in total. The number of benzene rings is 6. The van der Waals surface area contributed by atoms with Crippen molar-refractivity contribution in [2.24, 2.45) is 0 Å². The van der Waals surface area contributed by atoms with E-state index in [0.717, 1.165) is 40.6 Å². The summed E-state index contributed by atoms with van der Waals surface area (Å²) in [7, 11) is 4.65. The number of hydrogen-bond donors (Lipinski definition) is 1. The Hall–Kier alpha value is -6.40. The molecule has 0 bridgehead atoms. The quantitative estimate of drug-likeness (QED) is 0.109. The molecule has 0 saturated heterocycles. The van der Waals surface area contributed by atoms with Crippen molar-refractivity contribution in [1.29, 1.82) is 0 Å². The monoisotopic (exact) mass is 1010 g/mol. The highest BCUT2D eigenvalue weighted by Gasteiger charge is 2.47. The Morgan fingerprint density at radius 1 is 0.579 bits per heavy atom. The highest BCUT2D eigenvalue weighted by atomic mass is 15.3. The van der Waals surface area contributed by atoms with Gasteiger partial charge in [0.05, 0.1) is 39.5 Å². The zero-order valence-electron chi connectivity index (χ0n) is 50.4. The number of rotatable bonds is 10. The summed E-state index contributed by atoms with van der Waals surface area (Å²) in [5, 5.41) is 6.76. The van der Waals surface area contributed by atoms with Gasteiger partial charge in [0.1, 0.15) is 0 Å². The van der Waals surface area contributed by atoms with E-state index in [1.807, 2.05) is 0 Å². The fourth-order valence-electron chi connectivity index (χ4n) is 12.4. The van der Waals surface area contributed by atoms with Gasteiger partial charge in [0.15, 0.2) is 0 Å². The predicted molar refractivity (Wildman–Crippen MR) is 337 cm³/mol. The molecule has 0 aliphatic carbocycles. The van der Waals surface area contributed by atoms with Crippen LogP contribution in [0.4, 0.5) is 39.8 Å². The van der Waals surface area contributed by atoms with Crippen molar-refractivity contribution in [3.8, 4) is 5.69 Å². The SMILES string of the molecule is C=CCc1cc(C(C)(C)C)ccc1N(C)c1c2c3c(c(N(C)c4ccc(C(C)(C)C)cc4C)c1-n1c4ccc(C(C)C)cc4c4cc(C(C)(C)C)ccc41)N(C(C)C)c1c(C)cc(C(C)(C)C)cc1B3C(C=C)=C(C)N2. The van der Waals surface area contributed by atoms with E-state index in [1.165, 1.54) is 99.8 Å². The van der Waals surface area contributed by atoms with Crippen LogP contribution in [0.1, 0.15) is 168 Å². The maximum absolute atomic E-state index is 4.61. The van der Waals surface area contributed by atoms with Gasteiger partial charge in [-0.3, -0.25) is 0 Å². The maximum Gasteiger partial charge on any atom is 0.251 e. The summed E-state index contributed by atoms with van der Waals surface area (Å²) in [6, 6.07) is 33.9. The molecule has 6 heteroatoms. The van der Waals surface area contributed by atoms with Crippen LogP contribution >= 0.6 is 0 Å². The molecular weight excluding hydrogens is 922 g/mol. The third-order valence-corrected chi connectivity index (χ3v) is 16.8. The molecule has 7 aromatic rings. The van der Waals surface area contributed by atoms with Crippen LogP contribution in [0.25, 0.3) is 27.5 Å². The molecule has 0 atom stereocenters. The topological polar surface area (TPSA) is 26.7 Å². The van der Waals surface area contributed by atoms with E-state index < -0.39 is 0 Å². The van der Waals surface area contributed by atoms with Gasteiger partial charge in [-0.15, -0.1) is 6.58 Å². The smallest absolute Gasteiger partial charge is 0.251 e. The largest absolute Gasteiger partial charge is 0.358 e. The maximum atomic E-state index is 4.61. The molecule has 3 heterocycles. The highest BCUT2D eigenvalue weighted by Crippen LogP contribution is 2.56. The minimum atomic E-state index is -0.107. The number of aromatic nitrogens is 1. The van der Waals surface area contributed by atoms with Gasteiger partial charge in [-0.2, -0.15) is 0 Å². The first-order valence-corrected chi connectivity index (χ1v) is 28.1. The molecule has 0 fully saturated rings. The van der Waals surface area contributed by atoms with Crippen molar-refractivity contribution in [3.05, 3.63) is 166 Å². The second kappa shape index (κ2) is 19.0. The zero-order valence-corrected chi connectivity index (χ0v) is 50.4. The second-order valence-corrected chi connectivity index (χ2v) is 27.2. The van der Waals surface area contributed by atoms with Crippen LogP contribution < -0.4 is 30.9 Å². The van der Waals surface area contributed by atoms with Gasteiger partial charge in [-0.25, -0.2) is 0 Å². The summed E-state index contributed by atoms with van der Waals surface area (Å²) >= 11 is 0. The zero-order chi connectivity index (χ0) is 55.6. The van der Waals surface area contributed by atoms with Crippen molar-refractivity contribution in [1.82, 2.24) is 4.57 Å². The molecule has 0 unspecified atom stereocenters. The van der Waals surface area contributed by atoms with Crippen LogP contribution in [-0.4, -0.2) is 31.4 Å². The van der Waals surface area contributed by atoms with Crippen molar-refractivity contribution in [3.63, 3.8) is 0 Å². The number of nitrogens with zero attached hydrogens (tertiary/aromatic N) is 4. The molecule has 1 aromatic heterocycles. The summed E-state index contributed by atoms with van der Waals surface area (Å²) in [5.74, 6) is 0.361. The molecule has 0 radical (unpaired) electrons. The molecule has 5 nitrogen and oxygen atoms in total. The molecule has 396 valence electrons. The standard InChI is InChI=1S/C70H88BN5/c1-24-26-47-37-49(68(13,14)15)29-33-57(47)74(23)64-61-60-63(75(42(5)6)62-44(8)36-51(70(19,20)21)40-55(62)71(60)54(25-2)45(9)72-61)65(73(22)56-32-28-48(35-43(56)7)67(10,11)12)66(64)76-58-31-27-46(41(3)4)38-52(58)53-39-50(69(16,17)18)30-34-59(53)76/h24-25,27-42,72H,1-2,26H2,3-23H3. The van der Waals surface area contributed by atoms with Crippen LogP contribution in [-0.2, 0) is 28.1 Å². The summed E-state index contributed by atoms with van der Waals surface area (Å²) in [4.78, 5) is 7.78. The summed E-state index contributed by atoms with van der Waals surface area (Å²) < 4.78 is 2.65. The lowest BCUT2D eigenvalue weighted by Gasteiger charge is -2.48. The fraction of sp³-hybridized carbons (Fsp3) is 0.400. The van der Waals surface area contributed by atoms with Gasteiger partial charge >= 0.3 is 0 Å². The number of aryl methyl sites for hydroxylation is 2. The Morgan fingerprint density at radius 3 is 1.66 bits per heavy atom. The Bertz CT molecular complexity index is 3530. The molecule has 6 aromatic carbocycles. The van der Waals surface area contributed by atoms with Crippen molar-refractivity contribution in [2.75, 3.05) is 34.1 Å². The average molecular weight is 1010 g/mol. The summed E-state index contributed by atoms with van der Waals surface area (Å²) in [6.07, 6.45) is 4.92. The van der Waals surface area contributed by atoms with Gasteiger partial charge < -0.3 is 24.6 Å². The third-order valence-electron chi connectivity index (χ3n) is 16.8. The number of allylic oxidation sites excluding steroid dienone is 4. The summed E-state index contributed by atoms with van der Waals surface area (Å²) in [5.41, 5.74) is 26.9. The third kappa shape index (κ3) is 8.99. The Balaban J connectivity index is 1.59. The lowest BCUT2D eigenvalue weighted by atomic mass is 9.32. The summed E-state index contributed by atoms with van der Waals surface area (Å²) in [6.45, 7) is 53.1. The van der Waals surface area contributed by atoms with Crippen LogP contribution in [0.5, 0.6) is 0 Å². The predicted octanol–water partition coefficient (Wildman–Crippen LogP) is 17.9. The van der Waals surface area contributed by atoms with Gasteiger partial charge in [0.2, 0.25) is 0 Å². The van der Waals surface area contributed by atoms with Gasteiger partial charge in [0, 0.05) is 53.7 Å². The van der Waals surface area contributed by atoms with Crippen LogP contribution in [0.2, 0.25) is 0 Å². The van der Waals surface area contributed by atoms with Gasteiger partial charge in [0.25, 0.3) is 6.71 Å². The molecule has 0 saturated carbocycles. The van der Waals surface area contributed by atoms with Crippen LogP contribution in [0.15, 0.2) is 121 Å². The molecule has 0 spiro atoms. The van der Waals surface area contributed by atoms with E-state index in [2.05, 4.69) is 280 Å². The van der Waals surface area contributed by atoms with Crippen molar-refractivity contribution >= 4 is 79.3 Å². The molecule has 2 aliphatic rings. The molecular formula is C70H88BN5. The highest BCUT2D eigenvalue weighted by molar-refractivity contribution is 6.96. The molecule has 76 heavy (non-hydrogen) atoms. The van der Waals surface area contributed by atoms with E-state index in [4.69, 9.17) is 0 Å². The van der Waals surface area contributed by atoms with E-state index in [9.17, 15) is 0 Å². The molecule has 0 amide bonds. The Kier molecular flexibility index (Phi) is 13.6. The first-order chi connectivity index (χ1) is 35.4. The first-order valence-electron chi connectivity index (χ1n) is 28.1. The Morgan fingerprint density at radius 2 is 1.11 bits per heavy atom. The van der Waals surface area contributed by atoms with E-state index in [-0.39, 0.29) is 34.4 Å². The minimum Gasteiger partial charge on any atom is -0.358 e. The van der Waals surface area contributed by atoms with E-state index in [1.54, 1.807) is 0 Å². The number of nitrogens with one attached hydrogen (secondary N) is 1. The number of fused-ring (bicyclic) bond motifs is 5. The fourth-order valence-corrected chi connectivity index (χ4v) is 12.4. The van der Waals surface area contributed by atoms with Crippen molar-refractivity contribution < 1.29 is 0 Å². The van der Waals surface area contributed by atoms with E-state index in [0.29, 0.717) is 5.92 Å². The van der Waals surface area contributed by atoms with Crippen LogP contribution in [0.3, 0.4) is 0 Å². The molecule has 2 aliphatic heterocycles. The second-order valence-electron chi connectivity index (χ2n) is 27.2. The normalized spacial score (nSPS) is 14.0.